The number of aliphatic hydroxyl groups excluding tert-OH is 1. The summed E-state index contributed by atoms with van der Waals surface area (Å²) in [6.45, 7) is 0.691. The van der Waals surface area contributed by atoms with Crippen molar-refractivity contribution >= 4 is 0 Å². The number of aromatic nitrogens is 3. The molecule has 1 aliphatic rings. The summed E-state index contributed by atoms with van der Waals surface area (Å²) in [6, 6.07) is 2.01. The fourth-order valence-electron chi connectivity index (χ4n) is 1.80. The molecule has 1 unspecified atom stereocenters. The Balaban J connectivity index is 2.32. The molecule has 0 saturated carbocycles. The molecule has 1 atom stereocenters. The number of rotatable bonds is 3. The summed E-state index contributed by atoms with van der Waals surface area (Å²) in [6.07, 6.45) is 1.81. The maximum Gasteiger partial charge on any atom is 0.130 e. The Labute approximate surface area is 87.1 Å². The molecule has 1 aromatic heterocycles. The van der Waals surface area contributed by atoms with Crippen LogP contribution in [-0.2, 0) is 17.9 Å². The number of ether oxygens (including phenoxy) is 1. The van der Waals surface area contributed by atoms with Crippen LogP contribution in [0.1, 0.15) is 30.3 Å². The highest BCUT2D eigenvalue weighted by Crippen LogP contribution is 2.29. The summed E-state index contributed by atoms with van der Waals surface area (Å²) in [7, 11) is 0. The Bertz CT molecular complexity index is 376. The minimum atomic E-state index is -0.166. The van der Waals surface area contributed by atoms with Crippen LogP contribution >= 0.6 is 0 Å². The number of aliphatic hydroxyl groups is 1. The second kappa shape index (κ2) is 4.38. The zero-order valence-electron chi connectivity index (χ0n) is 8.26. The zero-order valence-corrected chi connectivity index (χ0v) is 8.26. The molecule has 15 heavy (non-hydrogen) atoms. The second-order valence-electron chi connectivity index (χ2n) is 3.40. The molecule has 6 heteroatoms. The first-order valence-corrected chi connectivity index (χ1v) is 4.88. The van der Waals surface area contributed by atoms with Crippen molar-refractivity contribution in [2.24, 2.45) is 0 Å². The van der Waals surface area contributed by atoms with Crippen LogP contribution in [0.3, 0.4) is 0 Å². The number of hydrogen-bond acceptors (Lipinski definition) is 5. The third-order valence-corrected chi connectivity index (χ3v) is 2.45. The van der Waals surface area contributed by atoms with Crippen LogP contribution in [0, 0.1) is 11.3 Å². The van der Waals surface area contributed by atoms with E-state index in [1.54, 1.807) is 0 Å². The molecule has 0 aromatic carbocycles. The smallest absolute Gasteiger partial charge is 0.130 e. The summed E-state index contributed by atoms with van der Waals surface area (Å²) in [5.41, 5.74) is 1.26. The minimum Gasteiger partial charge on any atom is -0.390 e. The molecule has 2 heterocycles. The predicted molar refractivity (Wildman–Crippen MR) is 49.5 cm³/mol. The molecule has 0 aliphatic carbocycles. The lowest BCUT2D eigenvalue weighted by Crippen LogP contribution is -2.10. The molecule has 0 radical (unpaired) electrons. The molecule has 2 rings (SSSR count). The van der Waals surface area contributed by atoms with E-state index in [4.69, 9.17) is 15.1 Å². The van der Waals surface area contributed by atoms with Gasteiger partial charge in [0.25, 0.3) is 0 Å². The Hall–Kier alpha value is -1.45. The normalized spacial score (nSPS) is 20.4. The lowest BCUT2D eigenvalue weighted by atomic mass is 10.1. The van der Waals surface area contributed by atoms with E-state index < -0.39 is 0 Å². The van der Waals surface area contributed by atoms with E-state index in [1.807, 2.05) is 6.07 Å². The quantitative estimate of drug-likeness (QED) is 0.764. The average molecular weight is 208 g/mol. The van der Waals surface area contributed by atoms with Crippen LogP contribution in [0.2, 0.25) is 0 Å². The molecule has 0 spiro atoms. The fraction of sp³-hybridized carbons (Fsp3) is 0.667. The first kappa shape index (κ1) is 10.1. The van der Waals surface area contributed by atoms with Crippen molar-refractivity contribution in [2.75, 3.05) is 6.61 Å². The largest absolute Gasteiger partial charge is 0.390 e. The Kier molecular flexibility index (Phi) is 2.94. The van der Waals surface area contributed by atoms with Gasteiger partial charge in [0.1, 0.15) is 18.3 Å². The van der Waals surface area contributed by atoms with Gasteiger partial charge in [-0.1, -0.05) is 5.21 Å². The van der Waals surface area contributed by atoms with Crippen LogP contribution in [0.25, 0.3) is 0 Å². The van der Waals surface area contributed by atoms with Crippen molar-refractivity contribution in [3.8, 4) is 6.07 Å². The van der Waals surface area contributed by atoms with Crippen LogP contribution in [0.5, 0.6) is 0 Å². The van der Waals surface area contributed by atoms with Crippen molar-refractivity contribution in [2.45, 2.75) is 32.1 Å². The molecular weight excluding hydrogens is 196 g/mol. The lowest BCUT2D eigenvalue weighted by Gasteiger charge is -2.10. The van der Waals surface area contributed by atoms with Gasteiger partial charge in [-0.3, -0.25) is 0 Å². The van der Waals surface area contributed by atoms with Crippen molar-refractivity contribution in [1.82, 2.24) is 15.0 Å². The molecule has 1 aromatic rings. The average Bonchev–Trinajstić information content (AvgIpc) is 2.85. The number of nitriles is 1. The summed E-state index contributed by atoms with van der Waals surface area (Å²) in [5, 5.41) is 25.4. The lowest BCUT2D eigenvalue weighted by molar-refractivity contribution is 0.103. The third kappa shape index (κ3) is 1.84. The topological polar surface area (TPSA) is 84.0 Å². The SMILES string of the molecule is N#CCn1nnc(CO)c1C1CCCO1. The first-order chi connectivity index (χ1) is 7.36. The second-order valence-corrected chi connectivity index (χ2v) is 3.40. The van der Waals surface area contributed by atoms with E-state index in [2.05, 4.69) is 10.3 Å². The molecule has 6 nitrogen and oxygen atoms in total. The molecule has 0 amide bonds. The van der Waals surface area contributed by atoms with Gasteiger partial charge < -0.3 is 9.84 Å². The van der Waals surface area contributed by atoms with Crippen molar-refractivity contribution in [3.63, 3.8) is 0 Å². The molecule has 1 N–H and O–H groups in total. The van der Waals surface area contributed by atoms with E-state index in [0.29, 0.717) is 12.3 Å². The predicted octanol–water partition coefficient (Wildman–Crippen LogP) is 0.145. The van der Waals surface area contributed by atoms with Crippen molar-refractivity contribution < 1.29 is 9.84 Å². The Morgan fingerprint density at radius 2 is 2.53 bits per heavy atom. The van der Waals surface area contributed by atoms with Crippen LogP contribution in [-0.4, -0.2) is 26.7 Å². The molecule has 1 aliphatic heterocycles. The van der Waals surface area contributed by atoms with Crippen molar-refractivity contribution in [1.29, 1.82) is 5.26 Å². The van der Waals surface area contributed by atoms with Crippen LogP contribution in [0.4, 0.5) is 0 Å². The number of nitrogens with zero attached hydrogens (tertiary/aromatic N) is 4. The highest BCUT2D eigenvalue weighted by atomic mass is 16.5. The molecule has 80 valence electrons. The standard InChI is InChI=1S/C9H12N4O2/c10-3-4-13-9(7(6-14)11-12-13)8-2-1-5-15-8/h8,14H,1-2,4-6H2. The van der Waals surface area contributed by atoms with Gasteiger partial charge in [-0.2, -0.15) is 5.26 Å². The highest BCUT2D eigenvalue weighted by Gasteiger charge is 2.25. The van der Waals surface area contributed by atoms with Gasteiger partial charge in [-0.05, 0) is 12.8 Å². The maximum atomic E-state index is 9.11. The third-order valence-electron chi connectivity index (χ3n) is 2.45. The van der Waals surface area contributed by atoms with Gasteiger partial charge in [0.05, 0.1) is 18.4 Å². The van der Waals surface area contributed by atoms with E-state index in [0.717, 1.165) is 18.5 Å². The van der Waals surface area contributed by atoms with Crippen LogP contribution < -0.4 is 0 Å². The van der Waals surface area contributed by atoms with E-state index in [-0.39, 0.29) is 19.3 Å². The van der Waals surface area contributed by atoms with Crippen LogP contribution in [0.15, 0.2) is 0 Å². The van der Waals surface area contributed by atoms with Gasteiger partial charge in [-0.15, -0.1) is 5.10 Å². The molecule has 0 bridgehead atoms. The monoisotopic (exact) mass is 208 g/mol. The molecule has 1 fully saturated rings. The molecular formula is C9H12N4O2. The minimum absolute atomic E-state index is 0.0736. The summed E-state index contributed by atoms with van der Waals surface area (Å²) in [4.78, 5) is 0. The zero-order chi connectivity index (χ0) is 10.7. The van der Waals surface area contributed by atoms with Gasteiger partial charge in [0.2, 0.25) is 0 Å². The summed E-state index contributed by atoms with van der Waals surface area (Å²) in [5.74, 6) is 0. The maximum absolute atomic E-state index is 9.11. The van der Waals surface area contributed by atoms with Gasteiger partial charge in [-0.25, -0.2) is 4.68 Å². The van der Waals surface area contributed by atoms with Gasteiger partial charge >= 0.3 is 0 Å². The number of hydrogen-bond donors (Lipinski definition) is 1. The Morgan fingerprint density at radius 1 is 1.67 bits per heavy atom. The van der Waals surface area contributed by atoms with Gasteiger partial charge in [0.15, 0.2) is 0 Å². The van der Waals surface area contributed by atoms with E-state index >= 15 is 0 Å². The first-order valence-electron chi connectivity index (χ1n) is 4.88. The summed E-state index contributed by atoms with van der Waals surface area (Å²) < 4.78 is 7.01. The molecule has 1 saturated heterocycles. The summed E-state index contributed by atoms with van der Waals surface area (Å²) >= 11 is 0. The fourth-order valence-corrected chi connectivity index (χ4v) is 1.80. The van der Waals surface area contributed by atoms with E-state index in [1.165, 1.54) is 4.68 Å². The van der Waals surface area contributed by atoms with Crippen molar-refractivity contribution in [3.05, 3.63) is 11.4 Å². The Morgan fingerprint density at radius 3 is 3.13 bits per heavy atom. The van der Waals surface area contributed by atoms with Gasteiger partial charge in [0, 0.05) is 6.61 Å². The highest BCUT2D eigenvalue weighted by molar-refractivity contribution is 5.14. The van der Waals surface area contributed by atoms with E-state index in [9.17, 15) is 0 Å².